The molecular formula is C16H17N7O. The Bertz CT molecular complexity index is 900. The summed E-state index contributed by atoms with van der Waals surface area (Å²) >= 11 is 0. The van der Waals surface area contributed by atoms with Crippen molar-refractivity contribution < 1.29 is 0 Å². The number of H-pyrrole nitrogens is 2. The van der Waals surface area contributed by atoms with Gasteiger partial charge in [-0.1, -0.05) is 0 Å². The van der Waals surface area contributed by atoms with E-state index in [4.69, 9.17) is 4.98 Å². The number of aryl methyl sites for hydroxylation is 1. The highest BCUT2D eigenvalue weighted by Crippen LogP contribution is 2.28. The average molecular weight is 323 g/mol. The molecule has 0 fully saturated rings. The molecule has 0 amide bonds. The molecule has 1 aliphatic rings. The van der Waals surface area contributed by atoms with Gasteiger partial charge in [0, 0.05) is 42.2 Å². The number of aromatic amines is 2. The first kappa shape index (κ1) is 14.6. The Balaban J connectivity index is 1.57. The van der Waals surface area contributed by atoms with Gasteiger partial charge < -0.3 is 5.32 Å². The topological polar surface area (TPSA) is 112 Å². The summed E-state index contributed by atoms with van der Waals surface area (Å²) in [6, 6.07) is 3.84. The summed E-state index contributed by atoms with van der Waals surface area (Å²) in [5.74, 6) is 2.19. The van der Waals surface area contributed by atoms with Crippen LogP contribution >= 0.6 is 0 Å². The molecule has 3 aromatic rings. The van der Waals surface area contributed by atoms with Crippen LogP contribution in [0.25, 0.3) is 11.4 Å². The van der Waals surface area contributed by atoms with E-state index in [9.17, 15) is 4.79 Å². The summed E-state index contributed by atoms with van der Waals surface area (Å²) in [6.07, 6.45) is 7.19. The molecule has 3 heterocycles. The highest BCUT2D eigenvalue weighted by atomic mass is 16.1. The molecule has 0 radical (unpaired) electrons. The van der Waals surface area contributed by atoms with Crippen molar-refractivity contribution in [3.05, 3.63) is 52.1 Å². The van der Waals surface area contributed by atoms with Gasteiger partial charge in [0.05, 0.1) is 0 Å². The smallest absolute Gasteiger partial charge is 0.340 e. The fraction of sp³-hybridized carbons (Fsp3) is 0.312. The molecule has 3 N–H and O–H groups in total. The van der Waals surface area contributed by atoms with E-state index in [-0.39, 0.29) is 5.69 Å². The maximum absolute atomic E-state index is 11.1. The molecule has 24 heavy (non-hydrogen) atoms. The minimum atomic E-state index is -0.285. The molecule has 8 nitrogen and oxygen atoms in total. The van der Waals surface area contributed by atoms with Crippen LogP contribution in [-0.2, 0) is 19.3 Å². The molecule has 8 heteroatoms. The molecule has 0 unspecified atom stereocenters. The third-order valence-corrected chi connectivity index (χ3v) is 4.06. The molecular weight excluding hydrogens is 306 g/mol. The molecule has 0 saturated carbocycles. The first-order chi connectivity index (χ1) is 11.8. The summed E-state index contributed by atoms with van der Waals surface area (Å²) in [6.45, 7) is 0.636. The van der Waals surface area contributed by atoms with Gasteiger partial charge in [-0.15, -0.1) is 0 Å². The first-order valence-electron chi connectivity index (χ1n) is 7.97. The van der Waals surface area contributed by atoms with Gasteiger partial charge in [-0.3, -0.25) is 9.97 Å². The lowest BCUT2D eigenvalue weighted by molar-refractivity contribution is 0.889. The van der Waals surface area contributed by atoms with Gasteiger partial charge in [0.15, 0.2) is 5.82 Å². The molecule has 4 rings (SSSR count). The van der Waals surface area contributed by atoms with Crippen LogP contribution in [0.5, 0.6) is 0 Å². The van der Waals surface area contributed by atoms with E-state index < -0.39 is 0 Å². The standard InChI is InChI=1S/C16H17N7O/c24-16-20-13(22-23-16)6-8-18-15-11-4-1-5-12(11)19-14(21-15)10-3-2-7-17-9-10/h2-3,7,9H,1,4-6,8H2,(H,18,19,21)(H2,20,22,23,24). The summed E-state index contributed by atoms with van der Waals surface area (Å²) in [4.78, 5) is 27.2. The lowest BCUT2D eigenvalue weighted by Crippen LogP contribution is -2.11. The summed E-state index contributed by atoms with van der Waals surface area (Å²) in [7, 11) is 0. The number of nitrogens with zero attached hydrogens (tertiary/aromatic N) is 4. The van der Waals surface area contributed by atoms with Crippen LogP contribution in [0, 0.1) is 0 Å². The van der Waals surface area contributed by atoms with Gasteiger partial charge in [-0.25, -0.2) is 19.9 Å². The zero-order chi connectivity index (χ0) is 16.4. The van der Waals surface area contributed by atoms with Gasteiger partial charge in [0.2, 0.25) is 0 Å². The predicted octanol–water partition coefficient (Wildman–Crippen LogP) is 1.09. The van der Waals surface area contributed by atoms with Crippen LogP contribution < -0.4 is 11.0 Å². The Kier molecular flexibility index (Phi) is 3.78. The number of fused-ring (bicyclic) bond motifs is 1. The lowest BCUT2D eigenvalue weighted by Gasteiger charge is -2.11. The Morgan fingerprint density at radius 2 is 2.21 bits per heavy atom. The molecule has 0 spiro atoms. The van der Waals surface area contributed by atoms with Crippen LogP contribution in [0.4, 0.5) is 5.82 Å². The molecule has 122 valence electrons. The second-order valence-electron chi connectivity index (χ2n) is 5.72. The van der Waals surface area contributed by atoms with Crippen molar-refractivity contribution in [3.8, 4) is 11.4 Å². The van der Waals surface area contributed by atoms with E-state index in [1.807, 2.05) is 12.1 Å². The van der Waals surface area contributed by atoms with Gasteiger partial charge in [0.25, 0.3) is 0 Å². The van der Waals surface area contributed by atoms with Crippen LogP contribution in [0.15, 0.2) is 29.3 Å². The van der Waals surface area contributed by atoms with Crippen molar-refractivity contribution in [1.82, 2.24) is 30.1 Å². The third kappa shape index (κ3) is 2.90. The monoisotopic (exact) mass is 323 g/mol. The van der Waals surface area contributed by atoms with E-state index in [0.717, 1.165) is 36.3 Å². The number of hydrogen-bond acceptors (Lipinski definition) is 6. The first-order valence-corrected chi connectivity index (χ1v) is 7.97. The van der Waals surface area contributed by atoms with Crippen molar-refractivity contribution in [2.75, 3.05) is 11.9 Å². The highest BCUT2D eigenvalue weighted by Gasteiger charge is 2.19. The fourth-order valence-corrected chi connectivity index (χ4v) is 2.93. The molecule has 0 bridgehead atoms. The van der Waals surface area contributed by atoms with Crippen molar-refractivity contribution in [2.45, 2.75) is 25.7 Å². The number of hydrogen-bond donors (Lipinski definition) is 3. The quantitative estimate of drug-likeness (QED) is 0.648. The number of rotatable bonds is 5. The maximum atomic E-state index is 11.1. The van der Waals surface area contributed by atoms with E-state index in [1.54, 1.807) is 12.4 Å². The highest BCUT2D eigenvalue weighted by molar-refractivity contribution is 5.59. The Hall–Kier alpha value is -3.03. The van der Waals surface area contributed by atoms with E-state index in [0.29, 0.717) is 24.6 Å². The minimum absolute atomic E-state index is 0.285. The Labute approximate surface area is 137 Å². The second kappa shape index (κ2) is 6.23. The van der Waals surface area contributed by atoms with E-state index in [2.05, 4.69) is 30.5 Å². The largest absolute Gasteiger partial charge is 0.369 e. The molecule has 0 aliphatic heterocycles. The SMILES string of the molecule is O=c1[nH]nc(CCNc2nc(-c3cccnc3)nc3c2CCC3)[nH]1. The van der Waals surface area contributed by atoms with Gasteiger partial charge in [-0.2, -0.15) is 5.10 Å². The molecule has 0 atom stereocenters. The Morgan fingerprint density at radius 1 is 1.25 bits per heavy atom. The van der Waals surface area contributed by atoms with Gasteiger partial charge in [0.1, 0.15) is 11.6 Å². The second-order valence-corrected chi connectivity index (χ2v) is 5.72. The van der Waals surface area contributed by atoms with Gasteiger partial charge in [-0.05, 0) is 31.4 Å². The number of anilines is 1. The number of nitrogens with one attached hydrogen (secondary N) is 3. The summed E-state index contributed by atoms with van der Waals surface area (Å²) in [5, 5.41) is 9.64. The normalized spacial score (nSPS) is 13.0. The van der Waals surface area contributed by atoms with Crippen molar-refractivity contribution >= 4 is 5.82 Å². The van der Waals surface area contributed by atoms with E-state index in [1.165, 1.54) is 5.56 Å². The van der Waals surface area contributed by atoms with Gasteiger partial charge >= 0.3 is 5.69 Å². The third-order valence-electron chi connectivity index (χ3n) is 4.06. The molecule has 3 aromatic heterocycles. The number of pyridine rings is 1. The van der Waals surface area contributed by atoms with Crippen molar-refractivity contribution in [3.63, 3.8) is 0 Å². The molecule has 0 saturated heterocycles. The van der Waals surface area contributed by atoms with E-state index >= 15 is 0 Å². The van der Waals surface area contributed by atoms with Crippen LogP contribution in [0.2, 0.25) is 0 Å². The fourth-order valence-electron chi connectivity index (χ4n) is 2.93. The van der Waals surface area contributed by atoms with Crippen LogP contribution in [-0.4, -0.2) is 36.7 Å². The zero-order valence-electron chi connectivity index (χ0n) is 13.0. The summed E-state index contributed by atoms with van der Waals surface area (Å²) in [5.41, 5.74) is 2.93. The van der Waals surface area contributed by atoms with Crippen LogP contribution in [0.1, 0.15) is 23.5 Å². The predicted molar refractivity (Wildman–Crippen MR) is 88.7 cm³/mol. The zero-order valence-corrected chi connectivity index (χ0v) is 13.0. The Morgan fingerprint density at radius 3 is 3.00 bits per heavy atom. The average Bonchev–Trinajstić information content (AvgIpc) is 3.24. The summed E-state index contributed by atoms with van der Waals surface area (Å²) < 4.78 is 0. The maximum Gasteiger partial charge on any atom is 0.340 e. The number of aromatic nitrogens is 6. The van der Waals surface area contributed by atoms with Crippen molar-refractivity contribution in [1.29, 1.82) is 0 Å². The molecule has 1 aliphatic carbocycles. The van der Waals surface area contributed by atoms with Crippen molar-refractivity contribution in [2.24, 2.45) is 0 Å². The molecule has 0 aromatic carbocycles. The lowest BCUT2D eigenvalue weighted by atomic mass is 10.2. The minimum Gasteiger partial charge on any atom is -0.369 e. The van der Waals surface area contributed by atoms with Crippen LogP contribution in [0.3, 0.4) is 0 Å².